The molecule has 0 atom stereocenters. The Hall–Kier alpha value is -2.58. The van der Waals surface area contributed by atoms with E-state index in [1.807, 2.05) is 13.8 Å². The molecule has 9 heteroatoms. The molecule has 0 radical (unpaired) electrons. The molecule has 0 bridgehead atoms. The van der Waals surface area contributed by atoms with Crippen LogP contribution in [0.15, 0.2) is 34.4 Å². The highest BCUT2D eigenvalue weighted by Gasteiger charge is 2.13. The molecule has 0 saturated heterocycles. The smallest absolute Gasteiger partial charge is 0.267 e. The summed E-state index contributed by atoms with van der Waals surface area (Å²) in [5.41, 5.74) is 0.850. The maximum atomic E-state index is 12.5. The number of hydrogen-bond donors (Lipinski definition) is 0. The first-order chi connectivity index (χ1) is 11.4. The summed E-state index contributed by atoms with van der Waals surface area (Å²) in [7, 11) is 0. The monoisotopic (exact) mass is 362 g/mol. The van der Waals surface area contributed by atoms with Crippen LogP contribution < -0.4 is 5.56 Å². The second-order valence-electron chi connectivity index (χ2n) is 5.07. The fourth-order valence-corrected chi connectivity index (χ4v) is 3.36. The van der Waals surface area contributed by atoms with Crippen molar-refractivity contribution in [1.29, 1.82) is 0 Å². The number of aryl methyl sites for hydroxylation is 2. The molecule has 7 nitrogen and oxygen atoms in total. The van der Waals surface area contributed by atoms with E-state index in [0.29, 0.717) is 15.8 Å². The largest absolute Gasteiger partial charge is 0.288 e. The van der Waals surface area contributed by atoms with E-state index in [-0.39, 0.29) is 16.3 Å². The Bertz CT molecular complexity index is 1050. The van der Waals surface area contributed by atoms with Crippen molar-refractivity contribution in [3.8, 4) is 0 Å². The summed E-state index contributed by atoms with van der Waals surface area (Å²) in [5.74, 6) is 0. The zero-order valence-corrected chi connectivity index (χ0v) is 14.3. The molecule has 24 heavy (non-hydrogen) atoms. The van der Waals surface area contributed by atoms with Gasteiger partial charge >= 0.3 is 0 Å². The lowest BCUT2D eigenvalue weighted by atomic mass is 10.2. The number of nitro benzene ring substituents is 1. The van der Waals surface area contributed by atoms with Gasteiger partial charge in [-0.3, -0.25) is 14.9 Å². The first-order valence-electron chi connectivity index (χ1n) is 6.84. The summed E-state index contributed by atoms with van der Waals surface area (Å²) < 4.78 is 1.11. The molecule has 0 spiro atoms. The van der Waals surface area contributed by atoms with Crippen molar-refractivity contribution in [2.75, 3.05) is 0 Å². The van der Waals surface area contributed by atoms with Crippen LogP contribution in [-0.2, 0) is 0 Å². The van der Waals surface area contributed by atoms with Gasteiger partial charge < -0.3 is 0 Å². The predicted molar refractivity (Wildman–Crippen MR) is 94.5 cm³/mol. The lowest BCUT2D eigenvalue weighted by Gasteiger charge is -1.99. The van der Waals surface area contributed by atoms with Gasteiger partial charge in [-0.05, 0) is 25.5 Å². The van der Waals surface area contributed by atoms with E-state index in [0.717, 1.165) is 15.1 Å². The maximum Gasteiger partial charge on any atom is 0.288 e. The molecule has 0 aliphatic carbocycles. The zero-order chi connectivity index (χ0) is 17.4. The third-order valence-electron chi connectivity index (χ3n) is 3.57. The molecular formula is C15H11ClN4O3S. The third kappa shape index (κ3) is 2.81. The summed E-state index contributed by atoms with van der Waals surface area (Å²) >= 11 is 7.23. The Morgan fingerprint density at radius 2 is 2.17 bits per heavy atom. The van der Waals surface area contributed by atoms with Crippen molar-refractivity contribution in [3.05, 3.63) is 66.0 Å². The number of halogens is 1. The summed E-state index contributed by atoms with van der Waals surface area (Å²) in [4.78, 5) is 28.8. The van der Waals surface area contributed by atoms with Crippen molar-refractivity contribution < 1.29 is 4.92 Å². The van der Waals surface area contributed by atoms with Crippen LogP contribution in [0.25, 0.3) is 10.2 Å². The Kier molecular flexibility index (Phi) is 4.16. The lowest BCUT2D eigenvalue weighted by Crippen LogP contribution is -2.16. The van der Waals surface area contributed by atoms with E-state index in [2.05, 4.69) is 10.1 Å². The molecule has 0 fully saturated rings. The number of benzene rings is 1. The van der Waals surface area contributed by atoms with Gasteiger partial charge in [0.2, 0.25) is 0 Å². The summed E-state index contributed by atoms with van der Waals surface area (Å²) in [5, 5.41) is 15.5. The van der Waals surface area contributed by atoms with Gasteiger partial charge in [-0.25, -0.2) is 4.98 Å². The van der Waals surface area contributed by atoms with Crippen molar-refractivity contribution in [1.82, 2.24) is 9.66 Å². The molecule has 2 aromatic heterocycles. The second-order valence-corrected chi connectivity index (χ2v) is 6.68. The first-order valence-corrected chi connectivity index (χ1v) is 8.03. The zero-order valence-electron chi connectivity index (χ0n) is 12.7. The van der Waals surface area contributed by atoms with Crippen LogP contribution in [0.5, 0.6) is 0 Å². The van der Waals surface area contributed by atoms with Gasteiger partial charge in [-0.15, -0.1) is 11.3 Å². The summed E-state index contributed by atoms with van der Waals surface area (Å²) in [6.07, 6.45) is 2.69. The molecule has 0 aliphatic rings. The van der Waals surface area contributed by atoms with Crippen LogP contribution in [0.1, 0.15) is 16.0 Å². The molecule has 0 unspecified atom stereocenters. The normalized spacial score (nSPS) is 11.5. The number of rotatable bonds is 3. The maximum absolute atomic E-state index is 12.5. The highest BCUT2D eigenvalue weighted by molar-refractivity contribution is 7.18. The highest BCUT2D eigenvalue weighted by Crippen LogP contribution is 2.26. The van der Waals surface area contributed by atoms with Gasteiger partial charge in [-0.2, -0.15) is 9.78 Å². The van der Waals surface area contributed by atoms with Crippen molar-refractivity contribution in [2.45, 2.75) is 13.8 Å². The van der Waals surface area contributed by atoms with Gasteiger partial charge in [-0.1, -0.05) is 17.7 Å². The lowest BCUT2D eigenvalue weighted by molar-refractivity contribution is -0.384. The third-order valence-corrected chi connectivity index (χ3v) is 5.01. The van der Waals surface area contributed by atoms with Crippen LogP contribution in [0.4, 0.5) is 5.69 Å². The number of aromatic nitrogens is 2. The second kappa shape index (κ2) is 6.14. The van der Waals surface area contributed by atoms with Crippen molar-refractivity contribution in [2.24, 2.45) is 5.10 Å². The van der Waals surface area contributed by atoms with E-state index in [9.17, 15) is 14.9 Å². The van der Waals surface area contributed by atoms with E-state index >= 15 is 0 Å². The molecule has 2 heterocycles. The Labute approximate surface area is 145 Å². The Balaban J connectivity index is 2.04. The van der Waals surface area contributed by atoms with E-state index in [1.165, 1.54) is 36.0 Å². The number of hydrogen-bond acceptors (Lipinski definition) is 6. The topological polar surface area (TPSA) is 90.4 Å². The molecular weight excluding hydrogens is 352 g/mol. The average Bonchev–Trinajstić information content (AvgIpc) is 2.83. The molecule has 1 aromatic carbocycles. The van der Waals surface area contributed by atoms with E-state index < -0.39 is 4.92 Å². The summed E-state index contributed by atoms with van der Waals surface area (Å²) in [6.45, 7) is 3.80. The molecule has 3 aromatic rings. The Morgan fingerprint density at radius 3 is 2.88 bits per heavy atom. The minimum absolute atomic E-state index is 0.0433. The molecule has 0 saturated carbocycles. The predicted octanol–water partition coefficient (Wildman–Crippen LogP) is 3.52. The van der Waals surface area contributed by atoms with E-state index in [1.54, 1.807) is 6.07 Å². The SMILES string of the molecule is Cc1sc2ncn(/N=C/c3ccc(Cl)c([N+](=O)[O-])c3)c(=O)c2c1C. The summed E-state index contributed by atoms with van der Waals surface area (Å²) in [6, 6.07) is 4.29. The molecule has 0 amide bonds. The molecule has 3 rings (SSSR count). The van der Waals surface area contributed by atoms with Crippen LogP contribution in [-0.4, -0.2) is 20.8 Å². The molecule has 0 aliphatic heterocycles. The Morgan fingerprint density at radius 1 is 1.42 bits per heavy atom. The van der Waals surface area contributed by atoms with Crippen LogP contribution in [0.2, 0.25) is 5.02 Å². The number of nitrogens with zero attached hydrogens (tertiary/aromatic N) is 4. The van der Waals surface area contributed by atoms with Crippen LogP contribution in [0.3, 0.4) is 0 Å². The van der Waals surface area contributed by atoms with Gasteiger partial charge in [0.1, 0.15) is 16.2 Å². The quantitative estimate of drug-likeness (QED) is 0.405. The fraction of sp³-hybridized carbons (Fsp3) is 0.133. The minimum Gasteiger partial charge on any atom is -0.267 e. The standard InChI is InChI=1S/C15H11ClN4O3S/c1-8-9(2)24-14-13(8)15(21)19(7-17-14)18-6-10-3-4-11(16)12(5-10)20(22)23/h3-7H,1-2H3/b18-6+. The average molecular weight is 363 g/mol. The number of thiophene rings is 1. The van der Waals surface area contributed by atoms with Gasteiger partial charge in [0, 0.05) is 16.5 Å². The van der Waals surface area contributed by atoms with Crippen LogP contribution >= 0.6 is 22.9 Å². The van der Waals surface area contributed by atoms with Gasteiger partial charge in [0.05, 0.1) is 16.5 Å². The van der Waals surface area contributed by atoms with Gasteiger partial charge in [0.15, 0.2) is 0 Å². The van der Waals surface area contributed by atoms with E-state index in [4.69, 9.17) is 11.6 Å². The van der Waals surface area contributed by atoms with Crippen LogP contribution in [0, 0.1) is 24.0 Å². The van der Waals surface area contributed by atoms with Gasteiger partial charge in [0.25, 0.3) is 11.2 Å². The van der Waals surface area contributed by atoms with Crippen molar-refractivity contribution in [3.63, 3.8) is 0 Å². The van der Waals surface area contributed by atoms with Crippen molar-refractivity contribution >= 4 is 45.1 Å². The molecule has 122 valence electrons. The number of nitro groups is 1. The number of fused-ring (bicyclic) bond motifs is 1. The fourth-order valence-electron chi connectivity index (χ4n) is 2.19. The first kappa shape index (κ1) is 16.3. The minimum atomic E-state index is -0.572. The highest BCUT2D eigenvalue weighted by atomic mass is 35.5. The molecule has 0 N–H and O–H groups in total.